The van der Waals surface area contributed by atoms with E-state index in [1.165, 1.54) is 25.7 Å². The summed E-state index contributed by atoms with van der Waals surface area (Å²) in [4.78, 5) is 0. The molecule has 0 aliphatic carbocycles. The van der Waals surface area contributed by atoms with Gasteiger partial charge in [0.05, 0.1) is 6.10 Å². The molecule has 1 rings (SSSR count). The predicted octanol–water partition coefficient (Wildman–Crippen LogP) is 2.60. The molecule has 2 atom stereocenters. The first-order chi connectivity index (χ1) is 4.88. The zero-order valence-corrected chi connectivity index (χ0v) is 7.10. The van der Waals surface area contributed by atoms with Crippen molar-refractivity contribution >= 4 is 0 Å². The van der Waals surface area contributed by atoms with Crippen molar-refractivity contribution in [2.75, 3.05) is 6.61 Å². The van der Waals surface area contributed by atoms with Crippen molar-refractivity contribution in [2.24, 2.45) is 5.92 Å². The van der Waals surface area contributed by atoms with Gasteiger partial charge in [-0.25, -0.2) is 0 Å². The molecule has 10 heavy (non-hydrogen) atoms. The van der Waals surface area contributed by atoms with Crippen molar-refractivity contribution in [3.8, 4) is 0 Å². The zero-order chi connectivity index (χ0) is 7.40. The minimum atomic E-state index is 0.583. The Balaban J connectivity index is 2.27. The van der Waals surface area contributed by atoms with Gasteiger partial charge in [0.2, 0.25) is 0 Å². The molecule has 0 aromatic carbocycles. The van der Waals surface area contributed by atoms with Crippen LogP contribution in [-0.2, 0) is 4.74 Å². The van der Waals surface area contributed by atoms with Gasteiger partial charge in [0.15, 0.2) is 0 Å². The smallest absolute Gasteiger partial charge is 0.0601 e. The van der Waals surface area contributed by atoms with Gasteiger partial charge in [0, 0.05) is 6.61 Å². The molecular formula is C9H18O. The van der Waals surface area contributed by atoms with Crippen LogP contribution >= 0.6 is 0 Å². The van der Waals surface area contributed by atoms with Crippen molar-refractivity contribution in [3.63, 3.8) is 0 Å². The molecule has 0 bridgehead atoms. The lowest BCUT2D eigenvalue weighted by molar-refractivity contribution is 0.0854. The lowest BCUT2D eigenvalue weighted by atomic mass is 9.95. The molecule has 1 fully saturated rings. The summed E-state index contributed by atoms with van der Waals surface area (Å²) in [6.45, 7) is 5.48. The Kier molecular flexibility index (Phi) is 3.20. The molecular weight excluding hydrogens is 124 g/mol. The van der Waals surface area contributed by atoms with Crippen LogP contribution in [0.3, 0.4) is 0 Å². The summed E-state index contributed by atoms with van der Waals surface area (Å²) >= 11 is 0. The van der Waals surface area contributed by atoms with Crippen LogP contribution in [0.4, 0.5) is 0 Å². The fraction of sp³-hybridized carbons (Fsp3) is 1.00. The molecule has 0 amide bonds. The standard InChI is InChI=1S/C9H18O/c1-3-5-8-6-7-10-9(8)4-2/h8-9H,3-7H2,1-2H3. The molecule has 0 spiro atoms. The van der Waals surface area contributed by atoms with Crippen LogP contribution in [0.5, 0.6) is 0 Å². The van der Waals surface area contributed by atoms with Gasteiger partial charge in [0.1, 0.15) is 0 Å². The first-order valence-electron chi connectivity index (χ1n) is 4.50. The Morgan fingerprint density at radius 1 is 1.40 bits per heavy atom. The maximum atomic E-state index is 5.57. The minimum Gasteiger partial charge on any atom is -0.378 e. The fourth-order valence-electron chi connectivity index (χ4n) is 1.84. The van der Waals surface area contributed by atoms with Crippen molar-refractivity contribution in [3.05, 3.63) is 0 Å². The van der Waals surface area contributed by atoms with Crippen LogP contribution in [0.2, 0.25) is 0 Å². The van der Waals surface area contributed by atoms with Crippen LogP contribution < -0.4 is 0 Å². The van der Waals surface area contributed by atoms with Gasteiger partial charge in [-0.1, -0.05) is 20.3 Å². The Morgan fingerprint density at radius 2 is 2.20 bits per heavy atom. The molecule has 1 saturated heterocycles. The maximum absolute atomic E-state index is 5.57. The topological polar surface area (TPSA) is 9.23 Å². The average molecular weight is 142 g/mol. The Morgan fingerprint density at radius 3 is 2.80 bits per heavy atom. The third-order valence-electron chi connectivity index (χ3n) is 2.41. The minimum absolute atomic E-state index is 0.583. The van der Waals surface area contributed by atoms with Gasteiger partial charge < -0.3 is 4.74 Å². The highest BCUT2D eigenvalue weighted by Gasteiger charge is 2.25. The van der Waals surface area contributed by atoms with E-state index < -0.39 is 0 Å². The quantitative estimate of drug-likeness (QED) is 0.588. The van der Waals surface area contributed by atoms with Crippen molar-refractivity contribution in [1.82, 2.24) is 0 Å². The molecule has 1 aliphatic heterocycles. The van der Waals surface area contributed by atoms with E-state index in [1.807, 2.05) is 0 Å². The second kappa shape index (κ2) is 3.97. The van der Waals surface area contributed by atoms with Gasteiger partial charge in [-0.05, 0) is 25.2 Å². The average Bonchev–Trinajstić information content (AvgIpc) is 2.36. The van der Waals surface area contributed by atoms with E-state index in [4.69, 9.17) is 4.74 Å². The molecule has 0 saturated carbocycles. The van der Waals surface area contributed by atoms with Gasteiger partial charge in [-0.15, -0.1) is 0 Å². The number of rotatable bonds is 3. The lowest BCUT2D eigenvalue weighted by Gasteiger charge is -2.14. The predicted molar refractivity (Wildman–Crippen MR) is 43.0 cm³/mol. The Hall–Kier alpha value is -0.0400. The Labute approximate surface area is 63.8 Å². The van der Waals surface area contributed by atoms with Gasteiger partial charge in [0.25, 0.3) is 0 Å². The molecule has 0 radical (unpaired) electrons. The molecule has 1 heteroatoms. The second-order valence-electron chi connectivity index (χ2n) is 3.15. The van der Waals surface area contributed by atoms with E-state index in [2.05, 4.69) is 13.8 Å². The fourth-order valence-corrected chi connectivity index (χ4v) is 1.84. The maximum Gasteiger partial charge on any atom is 0.0601 e. The van der Waals surface area contributed by atoms with Crippen molar-refractivity contribution in [1.29, 1.82) is 0 Å². The monoisotopic (exact) mass is 142 g/mol. The van der Waals surface area contributed by atoms with E-state index in [-0.39, 0.29) is 0 Å². The molecule has 0 aromatic heterocycles. The van der Waals surface area contributed by atoms with E-state index in [1.54, 1.807) is 0 Å². The van der Waals surface area contributed by atoms with Gasteiger partial charge in [-0.2, -0.15) is 0 Å². The summed E-state index contributed by atoms with van der Waals surface area (Å²) in [6, 6.07) is 0. The van der Waals surface area contributed by atoms with Crippen LogP contribution in [0, 0.1) is 5.92 Å². The van der Waals surface area contributed by atoms with Gasteiger partial charge >= 0.3 is 0 Å². The first-order valence-corrected chi connectivity index (χ1v) is 4.50. The van der Waals surface area contributed by atoms with E-state index >= 15 is 0 Å². The molecule has 1 aliphatic rings. The third-order valence-corrected chi connectivity index (χ3v) is 2.41. The first kappa shape index (κ1) is 8.06. The van der Waals surface area contributed by atoms with Crippen LogP contribution in [-0.4, -0.2) is 12.7 Å². The molecule has 1 heterocycles. The highest BCUT2D eigenvalue weighted by Crippen LogP contribution is 2.26. The summed E-state index contributed by atoms with van der Waals surface area (Å²) in [6.07, 6.45) is 5.75. The number of ether oxygens (including phenoxy) is 1. The molecule has 1 nitrogen and oxygen atoms in total. The summed E-state index contributed by atoms with van der Waals surface area (Å²) < 4.78 is 5.57. The summed E-state index contributed by atoms with van der Waals surface area (Å²) in [5.74, 6) is 0.870. The lowest BCUT2D eigenvalue weighted by Crippen LogP contribution is -2.13. The SMILES string of the molecule is CCCC1CCOC1CC. The highest BCUT2D eigenvalue weighted by atomic mass is 16.5. The van der Waals surface area contributed by atoms with Crippen LogP contribution in [0.15, 0.2) is 0 Å². The number of hydrogen-bond acceptors (Lipinski definition) is 1. The molecule has 0 aromatic rings. The third kappa shape index (κ3) is 1.72. The van der Waals surface area contributed by atoms with Crippen LogP contribution in [0.1, 0.15) is 39.5 Å². The van der Waals surface area contributed by atoms with Crippen LogP contribution in [0.25, 0.3) is 0 Å². The Bertz CT molecular complexity index is 90.7. The van der Waals surface area contributed by atoms with Crippen molar-refractivity contribution in [2.45, 2.75) is 45.6 Å². The van der Waals surface area contributed by atoms with E-state index in [9.17, 15) is 0 Å². The van der Waals surface area contributed by atoms with Crippen molar-refractivity contribution < 1.29 is 4.74 Å². The van der Waals surface area contributed by atoms with E-state index in [0.717, 1.165) is 12.5 Å². The number of hydrogen-bond donors (Lipinski definition) is 0. The molecule has 0 N–H and O–H groups in total. The molecule has 60 valence electrons. The van der Waals surface area contributed by atoms with E-state index in [0.29, 0.717) is 6.10 Å². The highest BCUT2D eigenvalue weighted by molar-refractivity contribution is 4.74. The summed E-state index contributed by atoms with van der Waals surface area (Å²) in [5.41, 5.74) is 0. The van der Waals surface area contributed by atoms with Gasteiger partial charge in [-0.3, -0.25) is 0 Å². The second-order valence-corrected chi connectivity index (χ2v) is 3.15. The largest absolute Gasteiger partial charge is 0.378 e. The summed E-state index contributed by atoms with van der Waals surface area (Å²) in [7, 11) is 0. The summed E-state index contributed by atoms with van der Waals surface area (Å²) in [5, 5.41) is 0. The normalized spacial score (nSPS) is 33.0. The molecule has 2 unspecified atom stereocenters. The zero-order valence-electron chi connectivity index (χ0n) is 7.10.